The second kappa shape index (κ2) is 6.28. The Kier molecular flexibility index (Phi) is 3.99. The fourth-order valence-electron chi connectivity index (χ4n) is 3.48. The van der Waals surface area contributed by atoms with Crippen LogP contribution in [0.25, 0.3) is 0 Å². The van der Waals surface area contributed by atoms with Crippen molar-refractivity contribution in [1.29, 1.82) is 0 Å². The predicted octanol–water partition coefficient (Wildman–Crippen LogP) is 2.35. The molecule has 2 aliphatic rings. The lowest BCUT2D eigenvalue weighted by Gasteiger charge is -2.24. The van der Waals surface area contributed by atoms with Crippen LogP contribution < -0.4 is 16.0 Å². The lowest BCUT2D eigenvalue weighted by Crippen LogP contribution is -2.36. The predicted molar refractivity (Wildman–Crippen MR) is 91.1 cm³/mol. The maximum absolute atomic E-state index is 5.78. The van der Waals surface area contributed by atoms with Gasteiger partial charge in [-0.25, -0.2) is 4.98 Å². The van der Waals surface area contributed by atoms with Gasteiger partial charge in [0.05, 0.1) is 12.2 Å². The molecule has 6 heteroatoms. The van der Waals surface area contributed by atoms with Gasteiger partial charge in [-0.1, -0.05) is 0 Å². The van der Waals surface area contributed by atoms with E-state index in [-0.39, 0.29) is 0 Å². The Morgan fingerprint density at radius 1 is 1.30 bits per heavy atom. The van der Waals surface area contributed by atoms with Crippen LogP contribution in [0.3, 0.4) is 0 Å². The van der Waals surface area contributed by atoms with E-state index in [4.69, 9.17) is 9.40 Å². The summed E-state index contributed by atoms with van der Waals surface area (Å²) in [6.45, 7) is 5.87. The van der Waals surface area contributed by atoms with Gasteiger partial charge in [-0.2, -0.15) is 0 Å². The average Bonchev–Trinajstić information content (AvgIpc) is 3.13. The highest BCUT2D eigenvalue weighted by molar-refractivity contribution is 5.52. The maximum Gasteiger partial charge on any atom is 0.205 e. The summed E-state index contributed by atoms with van der Waals surface area (Å²) in [5.74, 6) is 4.06. The van der Waals surface area contributed by atoms with Crippen LogP contribution in [-0.4, -0.2) is 35.2 Å². The van der Waals surface area contributed by atoms with Gasteiger partial charge < -0.3 is 20.4 Å². The van der Waals surface area contributed by atoms with Crippen LogP contribution in [0.1, 0.15) is 36.5 Å². The van der Waals surface area contributed by atoms with Crippen molar-refractivity contribution in [3.05, 3.63) is 29.3 Å². The minimum absolute atomic E-state index is 0.497. The molecule has 1 saturated heterocycles. The van der Waals surface area contributed by atoms with Crippen LogP contribution in [0.2, 0.25) is 0 Å². The zero-order valence-electron chi connectivity index (χ0n) is 13.7. The normalized spacial score (nSPS) is 18.5. The van der Waals surface area contributed by atoms with E-state index in [1.807, 2.05) is 13.0 Å². The number of furan rings is 1. The molecule has 0 atom stereocenters. The van der Waals surface area contributed by atoms with Crippen molar-refractivity contribution in [3.8, 4) is 0 Å². The summed E-state index contributed by atoms with van der Waals surface area (Å²) in [4.78, 5) is 4.88. The molecular formula is C17H25N5O. The minimum atomic E-state index is 0.497. The Labute approximate surface area is 136 Å². The molecule has 0 aromatic carbocycles. The second-order valence-electron chi connectivity index (χ2n) is 6.53. The van der Waals surface area contributed by atoms with Gasteiger partial charge in [-0.05, 0) is 57.8 Å². The van der Waals surface area contributed by atoms with E-state index in [1.165, 1.54) is 5.69 Å². The van der Waals surface area contributed by atoms with Gasteiger partial charge in [0.15, 0.2) is 0 Å². The molecule has 0 aliphatic carbocycles. The number of anilines is 2. The summed E-state index contributed by atoms with van der Waals surface area (Å²) in [5.41, 5.74) is 1.18. The lowest BCUT2D eigenvalue weighted by atomic mass is 10.1. The van der Waals surface area contributed by atoms with Crippen molar-refractivity contribution in [2.45, 2.75) is 45.2 Å². The summed E-state index contributed by atoms with van der Waals surface area (Å²) in [7, 11) is 0. The first-order valence-electron chi connectivity index (χ1n) is 8.65. The van der Waals surface area contributed by atoms with E-state index in [1.54, 1.807) is 0 Å². The van der Waals surface area contributed by atoms with E-state index in [0.29, 0.717) is 6.04 Å². The topological polar surface area (TPSA) is 67.1 Å². The Morgan fingerprint density at radius 2 is 2.17 bits per heavy atom. The van der Waals surface area contributed by atoms with Crippen LogP contribution in [0.5, 0.6) is 0 Å². The van der Waals surface area contributed by atoms with Crippen LogP contribution in [-0.2, 0) is 13.0 Å². The average molecular weight is 315 g/mol. The van der Waals surface area contributed by atoms with Crippen molar-refractivity contribution >= 4 is 11.8 Å². The van der Waals surface area contributed by atoms with Gasteiger partial charge in [-0.3, -0.25) is 4.57 Å². The van der Waals surface area contributed by atoms with Gasteiger partial charge >= 0.3 is 0 Å². The standard InChI is InChI=1S/C17H25N5O/c1-12-4-5-14(23-12)11-22-16-15(3-2-8-19-16)21-17(22)20-13-6-9-18-10-7-13/h4-5,13,18-19H,2-3,6-11H2,1H3,(H,20,21). The van der Waals surface area contributed by atoms with Crippen LogP contribution in [0.15, 0.2) is 16.5 Å². The molecule has 0 radical (unpaired) electrons. The number of nitrogens with zero attached hydrogens (tertiary/aromatic N) is 2. The van der Waals surface area contributed by atoms with E-state index in [9.17, 15) is 0 Å². The molecule has 0 spiro atoms. The third kappa shape index (κ3) is 3.08. The molecule has 2 aromatic heterocycles. The summed E-state index contributed by atoms with van der Waals surface area (Å²) < 4.78 is 8.02. The van der Waals surface area contributed by atoms with Gasteiger partial charge in [0, 0.05) is 12.6 Å². The molecular weight excluding hydrogens is 290 g/mol. The Balaban J connectivity index is 1.62. The Bertz CT molecular complexity index is 669. The quantitative estimate of drug-likeness (QED) is 0.808. The largest absolute Gasteiger partial charge is 0.464 e. The first-order valence-corrected chi connectivity index (χ1v) is 8.65. The van der Waals surface area contributed by atoms with E-state index in [0.717, 1.165) is 75.1 Å². The highest BCUT2D eigenvalue weighted by Gasteiger charge is 2.23. The van der Waals surface area contributed by atoms with Gasteiger partial charge in [0.2, 0.25) is 5.95 Å². The van der Waals surface area contributed by atoms with E-state index in [2.05, 4.69) is 26.6 Å². The minimum Gasteiger partial charge on any atom is -0.464 e. The third-order valence-corrected chi connectivity index (χ3v) is 4.70. The van der Waals surface area contributed by atoms with Crippen molar-refractivity contribution in [2.75, 3.05) is 30.3 Å². The number of aromatic nitrogens is 2. The number of nitrogens with one attached hydrogen (secondary N) is 3. The molecule has 4 heterocycles. The number of imidazole rings is 1. The zero-order valence-corrected chi connectivity index (χ0v) is 13.7. The molecule has 3 N–H and O–H groups in total. The number of rotatable bonds is 4. The van der Waals surface area contributed by atoms with E-state index < -0.39 is 0 Å². The van der Waals surface area contributed by atoms with Crippen LogP contribution >= 0.6 is 0 Å². The highest BCUT2D eigenvalue weighted by atomic mass is 16.3. The first kappa shape index (κ1) is 14.6. The Morgan fingerprint density at radius 3 is 2.96 bits per heavy atom. The number of hydrogen-bond donors (Lipinski definition) is 3. The summed E-state index contributed by atoms with van der Waals surface area (Å²) in [6, 6.07) is 4.57. The van der Waals surface area contributed by atoms with Gasteiger partial charge in [-0.15, -0.1) is 0 Å². The number of fused-ring (bicyclic) bond motifs is 1. The van der Waals surface area contributed by atoms with Crippen molar-refractivity contribution in [1.82, 2.24) is 14.9 Å². The summed E-state index contributed by atoms with van der Waals surface area (Å²) in [5, 5.41) is 10.6. The van der Waals surface area contributed by atoms with Crippen molar-refractivity contribution in [2.24, 2.45) is 0 Å². The molecule has 0 unspecified atom stereocenters. The summed E-state index contributed by atoms with van der Waals surface area (Å²) in [6.07, 6.45) is 4.49. The fraction of sp³-hybridized carbons (Fsp3) is 0.588. The van der Waals surface area contributed by atoms with Crippen molar-refractivity contribution in [3.63, 3.8) is 0 Å². The SMILES string of the molecule is Cc1ccc(Cn2c(NC3CCNCC3)nc3c2NCCC3)o1. The molecule has 2 aromatic rings. The van der Waals surface area contributed by atoms with Crippen LogP contribution in [0.4, 0.5) is 11.8 Å². The lowest BCUT2D eigenvalue weighted by molar-refractivity contribution is 0.463. The molecule has 23 heavy (non-hydrogen) atoms. The highest BCUT2D eigenvalue weighted by Crippen LogP contribution is 2.28. The van der Waals surface area contributed by atoms with Crippen molar-refractivity contribution < 1.29 is 4.42 Å². The molecule has 2 aliphatic heterocycles. The van der Waals surface area contributed by atoms with Gasteiger partial charge in [0.25, 0.3) is 0 Å². The number of hydrogen-bond acceptors (Lipinski definition) is 5. The molecule has 0 saturated carbocycles. The molecule has 124 valence electrons. The number of aryl methyl sites for hydroxylation is 2. The van der Waals surface area contributed by atoms with Gasteiger partial charge in [0.1, 0.15) is 17.3 Å². The fourth-order valence-corrected chi connectivity index (χ4v) is 3.48. The third-order valence-electron chi connectivity index (χ3n) is 4.70. The zero-order chi connectivity index (χ0) is 15.6. The monoisotopic (exact) mass is 315 g/mol. The Hall–Kier alpha value is -1.95. The molecule has 1 fully saturated rings. The number of piperidine rings is 1. The second-order valence-corrected chi connectivity index (χ2v) is 6.53. The molecule has 6 nitrogen and oxygen atoms in total. The molecule has 0 amide bonds. The maximum atomic E-state index is 5.78. The summed E-state index contributed by atoms with van der Waals surface area (Å²) >= 11 is 0. The molecule has 4 rings (SSSR count). The van der Waals surface area contributed by atoms with E-state index >= 15 is 0 Å². The molecule has 0 bridgehead atoms. The first-order chi connectivity index (χ1) is 11.3. The van der Waals surface area contributed by atoms with Crippen LogP contribution in [0, 0.1) is 6.92 Å². The smallest absolute Gasteiger partial charge is 0.205 e.